The normalized spacial score (nSPS) is 8.15. The van der Waals surface area contributed by atoms with Crippen LogP contribution in [0.2, 0.25) is 0 Å². The quantitative estimate of drug-likeness (QED) is 0.561. The van der Waals surface area contributed by atoms with Crippen molar-refractivity contribution in [3.05, 3.63) is 40.5 Å². The van der Waals surface area contributed by atoms with Crippen LogP contribution >= 0.6 is 0 Å². The van der Waals surface area contributed by atoms with Gasteiger partial charge in [-0.1, -0.05) is 0 Å². The van der Waals surface area contributed by atoms with E-state index < -0.39 is 5.82 Å². The molecule has 1 rings (SSSR count). The second-order valence-electron chi connectivity index (χ2n) is 2.19. The third-order valence-electron chi connectivity index (χ3n) is 1.42. The maximum absolute atomic E-state index is 13.0. The Morgan fingerprint density at radius 3 is 2.46 bits per heavy atom. The highest BCUT2D eigenvalue weighted by atomic mass is 19.1. The number of rotatable bonds is 0. The van der Waals surface area contributed by atoms with Crippen LogP contribution in [0.3, 0.4) is 0 Å². The molecule has 13 heavy (non-hydrogen) atoms. The van der Waals surface area contributed by atoms with E-state index in [0.29, 0.717) is 0 Å². The molecule has 0 heterocycles. The van der Waals surface area contributed by atoms with Crippen LogP contribution in [0.4, 0.5) is 10.1 Å². The van der Waals surface area contributed by atoms with Gasteiger partial charge in [0.15, 0.2) is 0 Å². The van der Waals surface area contributed by atoms with Crippen molar-refractivity contribution in [2.75, 3.05) is 0 Å². The van der Waals surface area contributed by atoms with Gasteiger partial charge in [0.1, 0.15) is 11.9 Å². The zero-order valence-corrected chi connectivity index (χ0v) is 6.37. The van der Waals surface area contributed by atoms with Crippen LogP contribution in [0.5, 0.6) is 0 Å². The summed E-state index contributed by atoms with van der Waals surface area (Å²) in [6, 6.07) is 5.55. The van der Waals surface area contributed by atoms with E-state index in [0.717, 1.165) is 12.1 Å². The molecule has 0 spiro atoms. The Labute approximate surface area is 74.1 Å². The van der Waals surface area contributed by atoms with Gasteiger partial charge in [0.2, 0.25) is 5.69 Å². The van der Waals surface area contributed by atoms with Gasteiger partial charge in [0.25, 0.3) is 0 Å². The first-order valence-electron chi connectivity index (χ1n) is 3.24. The molecule has 1 aromatic rings. The summed E-state index contributed by atoms with van der Waals surface area (Å²) in [5, 5.41) is 16.9. The lowest BCUT2D eigenvalue weighted by Gasteiger charge is -1.96. The van der Waals surface area contributed by atoms with E-state index in [9.17, 15) is 4.39 Å². The second-order valence-corrected chi connectivity index (χ2v) is 2.19. The fraction of sp³-hybridized carbons (Fsp3) is 0. The monoisotopic (exact) mass is 171 g/mol. The number of hydrogen-bond donors (Lipinski definition) is 0. The second kappa shape index (κ2) is 3.34. The van der Waals surface area contributed by atoms with Crippen LogP contribution in [0.25, 0.3) is 4.85 Å². The number of halogens is 1. The van der Waals surface area contributed by atoms with Gasteiger partial charge in [-0.2, -0.15) is 10.5 Å². The minimum absolute atomic E-state index is 0.115. The number of nitrogens with zero attached hydrogens (tertiary/aromatic N) is 3. The van der Waals surface area contributed by atoms with E-state index in [4.69, 9.17) is 17.1 Å². The number of nitriles is 2. The van der Waals surface area contributed by atoms with Gasteiger partial charge >= 0.3 is 0 Å². The highest BCUT2D eigenvalue weighted by molar-refractivity contribution is 5.57. The third kappa shape index (κ3) is 1.45. The zero-order chi connectivity index (χ0) is 9.84. The lowest BCUT2D eigenvalue weighted by atomic mass is 10.1. The first-order valence-corrected chi connectivity index (χ1v) is 3.24. The highest BCUT2D eigenvalue weighted by Crippen LogP contribution is 2.22. The van der Waals surface area contributed by atoms with Crippen molar-refractivity contribution in [2.24, 2.45) is 0 Å². The maximum atomic E-state index is 13.0. The van der Waals surface area contributed by atoms with E-state index in [1.54, 1.807) is 12.1 Å². The molecule has 0 N–H and O–H groups in total. The minimum Gasteiger partial charge on any atom is -0.235 e. The third-order valence-corrected chi connectivity index (χ3v) is 1.42. The summed E-state index contributed by atoms with van der Waals surface area (Å²) >= 11 is 0. The topological polar surface area (TPSA) is 51.9 Å². The Hall–Kier alpha value is -2.38. The molecular formula is C9H2FN3. The van der Waals surface area contributed by atoms with Gasteiger partial charge in [0, 0.05) is 5.56 Å². The summed E-state index contributed by atoms with van der Waals surface area (Å²) in [5.41, 5.74) is -0.454. The van der Waals surface area contributed by atoms with Crippen molar-refractivity contribution in [3.63, 3.8) is 0 Å². The SMILES string of the molecule is [C-]#[N+]c1cc(C#N)cc(C#N)c1F. The first-order chi connectivity index (χ1) is 6.22. The van der Waals surface area contributed by atoms with Crippen LogP contribution in [-0.4, -0.2) is 0 Å². The molecule has 0 amide bonds. The van der Waals surface area contributed by atoms with E-state index in [-0.39, 0.29) is 16.8 Å². The van der Waals surface area contributed by atoms with Crippen molar-refractivity contribution in [3.8, 4) is 12.1 Å². The van der Waals surface area contributed by atoms with Crippen molar-refractivity contribution < 1.29 is 4.39 Å². The molecule has 0 saturated heterocycles. The van der Waals surface area contributed by atoms with Crippen molar-refractivity contribution in [1.29, 1.82) is 10.5 Å². The van der Waals surface area contributed by atoms with E-state index >= 15 is 0 Å². The lowest BCUT2D eigenvalue weighted by Crippen LogP contribution is -1.85. The van der Waals surface area contributed by atoms with E-state index in [1.807, 2.05) is 0 Å². The Kier molecular flexibility index (Phi) is 2.24. The van der Waals surface area contributed by atoms with Crippen LogP contribution in [-0.2, 0) is 0 Å². The Balaban J connectivity index is 3.53. The lowest BCUT2D eigenvalue weighted by molar-refractivity contribution is 0.629. The summed E-state index contributed by atoms with van der Waals surface area (Å²) in [4.78, 5) is 2.86. The average molecular weight is 171 g/mol. The predicted molar refractivity (Wildman–Crippen MR) is 42.1 cm³/mol. The summed E-state index contributed by atoms with van der Waals surface area (Å²) in [6.45, 7) is 6.59. The molecule has 0 fully saturated rings. The number of benzene rings is 1. The van der Waals surface area contributed by atoms with Gasteiger partial charge in [-0.15, -0.1) is 0 Å². The van der Waals surface area contributed by atoms with E-state index in [1.165, 1.54) is 0 Å². The van der Waals surface area contributed by atoms with Gasteiger partial charge in [-0.25, -0.2) is 9.24 Å². The predicted octanol–water partition coefficient (Wildman–Crippen LogP) is 2.12. The molecule has 0 atom stereocenters. The van der Waals surface area contributed by atoms with Crippen LogP contribution in [0.1, 0.15) is 11.1 Å². The molecule has 0 saturated carbocycles. The van der Waals surface area contributed by atoms with Crippen molar-refractivity contribution in [1.82, 2.24) is 0 Å². The molecule has 0 aliphatic heterocycles. The largest absolute Gasteiger partial charge is 0.235 e. The fourth-order valence-corrected chi connectivity index (χ4v) is 0.836. The van der Waals surface area contributed by atoms with Gasteiger partial charge in [-0.05, 0) is 12.1 Å². The highest BCUT2D eigenvalue weighted by Gasteiger charge is 2.09. The van der Waals surface area contributed by atoms with Crippen molar-refractivity contribution in [2.45, 2.75) is 0 Å². The molecule has 1 aromatic carbocycles. The molecule has 0 aromatic heterocycles. The molecule has 0 unspecified atom stereocenters. The standard InChI is InChI=1S/C9H2FN3/c1-13-8-3-6(4-11)2-7(5-12)9(8)10/h2-3H. The maximum Gasteiger partial charge on any atom is 0.224 e. The Morgan fingerprint density at radius 2 is 2.00 bits per heavy atom. The number of hydrogen-bond acceptors (Lipinski definition) is 2. The van der Waals surface area contributed by atoms with Gasteiger partial charge in [0.05, 0.1) is 18.2 Å². The van der Waals surface area contributed by atoms with Crippen LogP contribution in [0.15, 0.2) is 12.1 Å². The molecule has 0 bridgehead atoms. The molecule has 4 heteroatoms. The van der Waals surface area contributed by atoms with Gasteiger partial charge < -0.3 is 0 Å². The first kappa shape index (κ1) is 8.71. The molecule has 60 valence electrons. The molecular weight excluding hydrogens is 169 g/mol. The van der Waals surface area contributed by atoms with Crippen LogP contribution in [0, 0.1) is 35.1 Å². The fourth-order valence-electron chi connectivity index (χ4n) is 0.836. The summed E-state index contributed by atoms with van der Waals surface area (Å²) in [6.07, 6.45) is 0. The Morgan fingerprint density at radius 1 is 1.31 bits per heavy atom. The summed E-state index contributed by atoms with van der Waals surface area (Å²) in [7, 11) is 0. The summed E-state index contributed by atoms with van der Waals surface area (Å²) in [5.74, 6) is -0.864. The minimum atomic E-state index is -0.864. The van der Waals surface area contributed by atoms with E-state index in [2.05, 4.69) is 4.85 Å². The smallest absolute Gasteiger partial charge is 0.224 e. The molecule has 0 radical (unpaired) electrons. The Bertz CT molecular complexity index is 436. The summed E-state index contributed by atoms with van der Waals surface area (Å²) < 4.78 is 13.0. The molecule has 0 aliphatic carbocycles. The van der Waals surface area contributed by atoms with Crippen LogP contribution < -0.4 is 0 Å². The molecule has 3 nitrogen and oxygen atoms in total. The zero-order valence-electron chi connectivity index (χ0n) is 6.37. The van der Waals surface area contributed by atoms with Gasteiger partial charge in [-0.3, -0.25) is 0 Å². The molecule has 0 aliphatic rings. The average Bonchev–Trinajstić information content (AvgIpc) is 2.18. The van der Waals surface area contributed by atoms with Crippen molar-refractivity contribution >= 4 is 5.69 Å².